The molecule has 2 heterocycles. The van der Waals surface area contributed by atoms with Gasteiger partial charge < -0.3 is 9.32 Å². The first-order valence-corrected chi connectivity index (χ1v) is 9.47. The lowest BCUT2D eigenvalue weighted by molar-refractivity contribution is 0.465. The number of nitrogens with zero attached hydrogens (tertiary/aromatic N) is 1. The van der Waals surface area contributed by atoms with Crippen molar-refractivity contribution in [3.05, 3.63) is 71.3 Å². The third-order valence-corrected chi connectivity index (χ3v) is 5.43. The average molecular weight is 321 g/mol. The summed E-state index contributed by atoms with van der Waals surface area (Å²) in [6, 6.07) is 15.7. The number of rotatable bonds is 6. The molecule has 1 aliphatic heterocycles. The second kappa shape index (κ2) is 7.29. The Labute approximate surface area is 145 Å². The van der Waals surface area contributed by atoms with E-state index in [9.17, 15) is 0 Å². The molecule has 2 fully saturated rings. The van der Waals surface area contributed by atoms with E-state index in [-0.39, 0.29) is 0 Å². The summed E-state index contributed by atoms with van der Waals surface area (Å²) in [5.74, 6) is 1.12. The van der Waals surface area contributed by atoms with Crippen LogP contribution in [0.1, 0.15) is 56.3 Å². The van der Waals surface area contributed by atoms with Gasteiger partial charge in [0.25, 0.3) is 0 Å². The standard InChI is InChI=1S/C22H27NO/c1-3-9-18(10-4-1)17-23-21(15-7-13-20-14-8-16-24-20)22(23)19-11-5-2-6-12-19/h1,3-4,8-10,14,16,21H,2,5-7,11-13,15,17H2. The van der Waals surface area contributed by atoms with Crippen molar-refractivity contribution in [2.75, 3.05) is 0 Å². The van der Waals surface area contributed by atoms with E-state index in [0.717, 1.165) is 18.7 Å². The van der Waals surface area contributed by atoms with Crippen LogP contribution in [0.3, 0.4) is 0 Å². The molecular weight excluding hydrogens is 294 g/mol. The van der Waals surface area contributed by atoms with Gasteiger partial charge in [0.05, 0.1) is 12.3 Å². The zero-order valence-corrected chi connectivity index (χ0v) is 14.4. The van der Waals surface area contributed by atoms with Gasteiger partial charge >= 0.3 is 0 Å². The van der Waals surface area contributed by atoms with Crippen molar-refractivity contribution in [2.24, 2.45) is 0 Å². The highest BCUT2D eigenvalue weighted by molar-refractivity contribution is 5.35. The smallest absolute Gasteiger partial charge is 0.103 e. The van der Waals surface area contributed by atoms with Crippen molar-refractivity contribution in [1.29, 1.82) is 0 Å². The van der Waals surface area contributed by atoms with E-state index >= 15 is 0 Å². The van der Waals surface area contributed by atoms with Crippen LogP contribution in [0.5, 0.6) is 0 Å². The first-order chi connectivity index (χ1) is 11.9. The van der Waals surface area contributed by atoms with Crippen LogP contribution in [-0.2, 0) is 13.0 Å². The minimum Gasteiger partial charge on any atom is -0.469 e. The lowest BCUT2D eigenvalue weighted by Crippen LogP contribution is -2.02. The molecule has 126 valence electrons. The van der Waals surface area contributed by atoms with Crippen LogP contribution in [0.2, 0.25) is 0 Å². The largest absolute Gasteiger partial charge is 0.469 e. The molecule has 0 N–H and O–H groups in total. The highest BCUT2D eigenvalue weighted by Gasteiger charge is 2.41. The van der Waals surface area contributed by atoms with E-state index < -0.39 is 0 Å². The third kappa shape index (κ3) is 3.58. The van der Waals surface area contributed by atoms with E-state index in [4.69, 9.17) is 4.42 Å². The fourth-order valence-corrected chi connectivity index (χ4v) is 4.15. The Kier molecular flexibility index (Phi) is 4.73. The molecule has 2 heteroatoms. The van der Waals surface area contributed by atoms with Crippen LogP contribution in [-0.4, -0.2) is 10.9 Å². The SMILES string of the molecule is c1ccc(CN2C(=C3CCCCC3)C2CCCc2ccco2)cc1. The van der Waals surface area contributed by atoms with E-state index in [2.05, 4.69) is 41.3 Å². The maximum atomic E-state index is 5.48. The van der Waals surface area contributed by atoms with Crippen molar-refractivity contribution in [1.82, 2.24) is 4.90 Å². The summed E-state index contributed by atoms with van der Waals surface area (Å²) >= 11 is 0. The molecule has 0 amide bonds. The molecule has 0 bridgehead atoms. The zero-order chi connectivity index (χ0) is 16.2. The van der Waals surface area contributed by atoms with Gasteiger partial charge in [-0.15, -0.1) is 0 Å². The third-order valence-electron chi connectivity index (χ3n) is 5.43. The second-order valence-corrected chi connectivity index (χ2v) is 7.15. The topological polar surface area (TPSA) is 16.1 Å². The molecule has 24 heavy (non-hydrogen) atoms. The highest BCUT2D eigenvalue weighted by atomic mass is 16.3. The van der Waals surface area contributed by atoms with Crippen molar-refractivity contribution in [3.63, 3.8) is 0 Å². The van der Waals surface area contributed by atoms with Crippen LogP contribution in [0.15, 0.2) is 64.4 Å². The number of aryl methyl sites for hydroxylation is 1. The van der Waals surface area contributed by atoms with Crippen LogP contribution >= 0.6 is 0 Å². The van der Waals surface area contributed by atoms with Crippen molar-refractivity contribution in [2.45, 2.75) is 64.0 Å². The molecule has 1 aliphatic carbocycles. The fraction of sp³-hybridized carbons (Fsp3) is 0.455. The van der Waals surface area contributed by atoms with E-state index in [1.54, 1.807) is 17.5 Å². The van der Waals surface area contributed by atoms with E-state index in [1.165, 1.54) is 50.5 Å². The summed E-state index contributed by atoms with van der Waals surface area (Å²) in [5.41, 5.74) is 4.86. The molecule has 1 saturated heterocycles. The summed E-state index contributed by atoms with van der Waals surface area (Å²) in [5, 5.41) is 0. The zero-order valence-electron chi connectivity index (χ0n) is 14.4. The van der Waals surface area contributed by atoms with Gasteiger partial charge in [-0.25, -0.2) is 0 Å². The number of allylic oxidation sites excluding steroid dienone is 1. The molecule has 4 rings (SSSR count). The predicted octanol–water partition coefficient (Wildman–Crippen LogP) is 5.70. The Morgan fingerprint density at radius 3 is 2.54 bits per heavy atom. The van der Waals surface area contributed by atoms with Crippen molar-refractivity contribution >= 4 is 0 Å². The number of hydrogen-bond acceptors (Lipinski definition) is 2. The van der Waals surface area contributed by atoms with Gasteiger partial charge in [-0.1, -0.05) is 36.8 Å². The van der Waals surface area contributed by atoms with Crippen LogP contribution in [0, 0.1) is 0 Å². The van der Waals surface area contributed by atoms with Crippen LogP contribution in [0.25, 0.3) is 0 Å². The van der Waals surface area contributed by atoms with Crippen molar-refractivity contribution < 1.29 is 4.42 Å². The molecule has 2 aromatic rings. The molecule has 2 nitrogen and oxygen atoms in total. The molecule has 0 spiro atoms. The minimum absolute atomic E-state index is 0.674. The maximum absolute atomic E-state index is 5.48. The van der Waals surface area contributed by atoms with Gasteiger partial charge in [-0.2, -0.15) is 0 Å². The quantitative estimate of drug-likeness (QED) is 0.634. The summed E-state index contributed by atoms with van der Waals surface area (Å²) < 4.78 is 5.48. The first-order valence-electron chi connectivity index (χ1n) is 9.47. The van der Waals surface area contributed by atoms with Gasteiger partial charge in [0.15, 0.2) is 0 Å². The van der Waals surface area contributed by atoms with Gasteiger partial charge in [0.1, 0.15) is 5.76 Å². The molecule has 1 saturated carbocycles. The normalized spacial score (nSPS) is 20.5. The summed E-state index contributed by atoms with van der Waals surface area (Å²) in [6.07, 6.45) is 12.2. The lowest BCUT2D eigenvalue weighted by atomic mass is 9.93. The van der Waals surface area contributed by atoms with Crippen molar-refractivity contribution in [3.8, 4) is 0 Å². The van der Waals surface area contributed by atoms with Gasteiger partial charge in [0, 0.05) is 18.7 Å². The minimum atomic E-state index is 0.674. The van der Waals surface area contributed by atoms with Crippen LogP contribution in [0.4, 0.5) is 0 Å². The molecule has 1 atom stereocenters. The number of hydrogen-bond donors (Lipinski definition) is 0. The maximum Gasteiger partial charge on any atom is 0.103 e. The average Bonchev–Trinajstić information content (AvgIpc) is 3.05. The summed E-state index contributed by atoms with van der Waals surface area (Å²) in [6.45, 7) is 1.07. The number of benzene rings is 1. The van der Waals surface area contributed by atoms with Crippen LogP contribution < -0.4 is 0 Å². The van der Waals surface area contributed by atoms with Gasteiger partial charge in [0.2, 0.25) is 0 Å². The first kappa shape index (κ1) is 15.6. The molecule has 1 aromatic carbocycles. The van der Waals surface area contributed by atoms with Gasteiger partial charge in [-0.05, 0) is 61.8 Å². The monoisotopic (exact) mass is 321 g/mol. The molecule has 0 radical (unpaired) electrons. The highest BCUT2D eigenvalue weighted by Crippen LogP contribution is 2.44. The Morgan fingerprint density at radius 2 is 1.79 bits per heavy atom. The lowest BCUT2D eigenvalue weighted by Gasteiger charge is -2.13. The fourth-order valence-electron chi connectivity index (χ4n) is 4.15. The Hall–Kier alpha value is -1.96. The molecule has 2 aliphatic rings. The molecular formula is C22H27NO. The Balaban J connectivity index is 1.41. The molecule has 1 aromatic heterocycles. The Bertz CT molecular complexity index is 663. The predicted molar refractivity (Wildman–Crippen MR) is 97.5 cm³/mol. The summed E-state index contributed by atoms with van der Waals surface area (Å²) in [7, 11) is 0. The van der Waals surface area contributed by atoms with E-state index in [1.807, 2.05) is 6.07 Å². The van der Waals surface area contributed by atoms with Gasteiger partial charge in [-0.3, -0.25) is 0 Å². The Morgan fingerprint density at radius 1 is 0.958 bits per heavy atom. The summed E-state index contributed by atoms with van der Waals surface area (Å²) in [4.78, 5) is 2.65. The molecule has 1 unspecified atom stereocenters. The van der Waals surface area contributed by atoms with E-state index in [0.29, 0.717) is 6.04 Å². The number of furan rings is 1. The second-order valence-electron chi connectivity index (χ2n) is 7.15.